The summed E-state index contributed by atoms with van der Waals surface area (Å²) in [6.45, 7) is 7.56. The van der Waals surface area contributed by atoms with E-state index in [0.29, 0.717) is 55.9 Å². The maximum Gasteiger partial charge on any atom is 0.230 e. The Kier molecular flexibility index (Phi) is 7.75. The number of nitrogens with two attached hydrogens (primary N) is 1. The third-order valence-corrected chi connectivity index (χ3v) is 9.30. The Morgan fingerprint density at radius 3 is 2.52 bits per heavy atom. The number of amides is 1. The lowest BCUT2D eigenvalue weighted by Crippen LogP contribution is -2.47. The standard InChI is InChI=1S/C33H39N7O4/c1-5-33(3,19-41)32(43)39-12-10-21(11-13-39)29-28(20(2)42)30(34)40-31(37-29)24(18-36-40)23-6-8-25(35-17-23)22-7-9-26-27(16-22)44-15-14-38(26)4/h6-9,16-18,21,41H,5,10-15,19,34H2,1-4H3. The third kappa shape index (κ3) is 5.04. The van der Waals surface area contributed by atoms with Gasteiger partial charge in [0.15, 0.2) is 11.4 Å². The molecule has 2 aliphatic rings. The predicted molar refractivity (Wildman–Crippen MR) is 169 cm³/mol. The van der Waals surface area contributed by atoms with Crippen LogP contribution in [-0.4, -0.2) is 81.2 Å². The first-order valence-corrected chi connectivity index (χ1v) is 15.2. The third-order valence-electron chi connectivity index (χ3n) is 9.30. The molecule has 2 aliphatic heterocycles. The van der Waals surface area contributed by atoms with Crippen LogP contribution in [0.5, 0.6) is 5.75 Å². The normalized spacial score (nSPS) is 16.8. The number of carbonyl (C=O) groups is 2. The van der Waals surface area contributed by atoms with Crippen molar-refractivity contribution in [3.05, 3.63) is 54.0 Å². The number of Topliss-reactive ketones (excluding diaryl/α,β-unsaturated/α-hetero) is 1. The minimum Gasteiger partial charge on any atom is -0.490 e. The first-order valence-electron chi connectivity index (χ1n) is 15.2. The quantitative estimate of drug-likeness (QED) is 0.300. The number of fused-ring (bicyclic) bond motifs is 2. The molecule has 3 N–H and O–H groups in total. The second-order valence-corrected chi connectivity index (χ2v) is 12.1. The fraction of sp³-hybridized carbons (Fsp3) is 0.424. The minimum absolute atomic E-state index is 0.0417. The van der Waals surface area contributed by atoms with Gasteiger partial charge in [0.05, 0.1) is 47.4 Å². The predicted octanol–water partition coefficient (Wildman–Crippen LogP) is 4.19. The summed E-state index contributed by atoms with van der Waals surface area (Å²) < 4.78 is 7.40. The molecular weight excluding hydrogens is 558 g/mol. The number of nitrogens with zero attached hydrogens (tertiary/aromatic N) is 6. The number of aliphatic hydroxyl groups is 1. The van der Waals surface area contributed by atoms with Gasteiger partial charge in [-0.05, 0) is 51.3 Å². The first-order chi connectivity index (χ1) is 21.1. The Hall–Kier alpha value is -4.51. The minimum atomic E-state index is -0.792. The number of ketones is 1. The zero-order valence-corrected chi connectivity index (χ0v) is 25.7. The van der Waals surface area contributed by atoms with E-state index >= 15 is 0 Å². The molecular formula is C33H39N7O4. The van der Waals surface area contributed by atoms with Crippen LogP contribution in [0.3, 0.4) is 0 Å². The number of anilines is 2. The van der Waals surface area contributed by atoms with E-state index in [0.717, 1.165) is 40.4 Å². The summed E-state index contributed by atoms with van der Waals surface area (Å²) in [7, 11) is 2.06. The van der Waals surface area contributed by atoms with Gasteiger partial charge < -0.3 is 25.4 Å². The molecule has 1 amide bonds. The van der Waals surface area contributed by atoms with E-state index in [2.05, 4.69) is 23.1 Å². The van der Waals surface area contributed by atoms with E-state index in [-0.39, 0.29) is 30.0 Å². The number of carbonyl (C=O) groups excluding carboxylic acids is 2. The number of ether oxygens (including phenoxy) is 1. The van der Waals surface area contributed by atoms with Crippen LogP contribution >= 0.6 is 0 Å². The van der Waals surface area contributed by atoms with E-state index in [1.54, 1.807) is 19.3 Å². The highest BCUT2D eigenvalue weighted by Crippen LogP contribution is 2.37. The molecule has 4 aromatic rings. The number of hydrogen-bond acceptors (Lipinski definition) is 9. The summed E-state index contributed by atoms with van der Waals surface area (Å²) in [6, 6.07) is 10.1. The Labute approximate surface area is 256 Å². The fourth-order valence-electron chi connectivity index (χ4n) is 6.20. The Balaban J connectivity index is 1.30. The number of likely N-dealkylation sites (tertiary alicyclic amines) is 1. The van der Waals surface area contributed by atoms with Crippen molar-refractivity contribution < 1.29 is 19.4 Å². The maximum absolute atomic E-state index is 13.1. The Bertz CT molecular complexity index is 1720. The van der Waals surface area contributed by atoms with Gasteiger partial charge in [-0.1, -0.05) is 19.1 Å². The SMILES string of the molecule is CCC(C)(CO)C(=O)N1CCC(c2nc3c(-c4ccc(-c5ccc6c(c5)OCCN6C)nc4)cnn3c(N)c2C(C)=O)CC1. The number of benzene rings is 1. The van der Waals surface area contributed by atoms with E-state index in [4.69, 9.17) is 20.4 Å². The van der Waals surface area contributed by atoms with Gasteiger partial charge in [-0.3, -0.25) is 14.6 Å². The molecule has 0 spiro atoms. The molecule has 1 aromatic carbocycles. The second-order valence-electron chi connectivity index (χ2n) is 12.1. The monoisotopic (exact) mass is 597 g/mol. The molecule has 5 heterocycles. The van der Waals surface area contributed by atoms with Crippen LogP contribution < -0.4 is 15.4 Å². The van der Waals surface area contributed by atoms with Gasteiger partial charge in [0.25, 0.3) is 0 Å². The molecule has 11 heteroatoms. The zero-order chi connectivity index (χ0) is 31.2. The van der Waals surface area contributed by atoms with E-state index < -0.39 is 5.41 Å². The van der Waals surface area contributed by atoms with Gasteiger partial charge in [0, 0.05) is 48.9 Å². The molecule has 11 nitrogen and oxygen atoms in total. The van der Waals surface area contributed by atoms with Crippen LogP contribution in [0.1, 0.15) is 62.0 Å². The highest BCUT2D eigenvalue weighted by atomic mass is 16.5. The summed E-state index contributed by atoms with van der Waals surface area (Å²) in [5, 5.41) is 14.3. The van der Waals surface area contributed by atoms with Crippen molar-refractivity contribution in [3.63, 3.8) is 0 Å². The molecule has 6 rings (SSSR count). The van der Waals surface area contributed by atoms with E-state index in [1.165, 1.54) is 11.4 Å². The largest absolute Gasteiger partial charge is 0.490 e. The molecule has 0 bridgehead atoms. The Morgan fingerprint density at radius 2 is 1.86 bits per heavy atom. The zero-order valence-electron chi connectivity index (χ0n) is 25.7. The molecule has 1 fully saturated rings. The summed E-state index contributed by atoms with van der Waals surface area (Å²) >= 11 is 0. The highest BCUT2D eigenvalue weighted by Gasteiger charge is 2.37. The molecule has 0 aliphatic carbocycles. The van der Waals surface area contributed by atoms with Crippen LogP contribution in [0.2, 0.25) is 0 Å². The number of rotatable bonds is 7. The molecule has 0 radical (unpaired) electrons. The van der Waals surface area contributed by atoms with Gasteiger partial charge in [-0.2, -0.15) is 9.61 Å². The van der Waals surface area contributed by atoms with Gasteiger partial charge in [-0.15, -0.1) is 0 Å². The molecule has 1 unspecified atom stereocenters. The summed E-state index contributed by atoms with van der Waals surface area (Å²) in [4.78, 5) is 39.7. The summed E-state index contributed by atoms with van der Waals surface area (Å²) in [5.74, 6) is 0.833. The molecule has 44 heavy (non-hydrogen) atoms. The van der Waals surface area contributed by atoms with Crippen molar-refractivity contribution >= 4 is 28.8 Å². The van der Waals surface area contributed by atoms with Crippen molar-refractivity contribution in [3.8, 4) is 28.1 Å². The van der Waals surface area contributed by atoms with Gasteiger partial charge in [0.1, 0.15) is 18.2 Å². The van der Waals surface area contributed by atoms with E-state index in [1.807, 2.05) is 36.1 Å². The average molecular weight is 598 g/mol. The van der Waals surface area contributed by atoms with Crippen molar-refractivity contribution in [2.24, 2.45) is 5.41 Å². The van der Waals surface area contributed by atoms with Crippen molar-refractivity contribution in [2.75, 3.05) is 50.5 Å². The van der Waals surface area contributed by atoms with E-state index in [9.17, 15) is 14.7 Å². The number of piperidine rings is 1. The lowest BCUT2D eigenvalue weighted by molar-refractivity contribution is -0.144. The van der Waals surface area contributed by atoms with Crippen LogP contribution in [-0.2, 0) is 4.79 Å². The lowest BCUT2D eigenvalue weighted by Gasteiger charge is -2.37. The number of hydrogen-bond donors (Lipinski definition) is 2. The number of nitrogen functional groups attached to an aromatic ring is 1. The van der Waals surface area contributed by atoms with Gasteiger partial charge in [-0.25, -0.2) is 4.98 Å². The highest BCUT2D eigenvalue weighted by molar-refractivity contribution is 6.00. The van der Waals surface area contributed by atoms with Crippen molar-refractivity contribution in [2.45, 2.75) is 46.0 Å². The van der Waals surface area contributed by atoms with Gasteiger partial charge in [0.2, 0.25) is 5.91 Å². The maximum atomic E-state index is 13.1. The smallest absolute Gasteiger partial charge is 0.230 e. The van der Waals surface area contributed by atoms with Crippen molar-refractivity contribution in [1.82, 2.24) is 24.5 Å². The molecule has 230 valence electrons. The number of likely N-dealkylation sites (N-methyl/N-ethyl adjacent to an activating group) is 1. The molecule has 1 atom stereocenters. The first kappa shape index (κ1) is 29.6. The lowest BCUT2D eigenvalue weighted by atomic mass is 9.84. The molecule has 3 aromatic heterocycles. The molecule has 1 saturated heterocycles. The van der Waals surface area contributed by atoms with Crippen molar-refractivity contribution in [1.29, 1.82) is 0 Å². The van der Waals surface area contributed by atoms with Crippen LogP contribution in [0.25, 0.3) is 28.0 Å². The molecule has 0 saturated carbocycles. The average Bonchev–Trinajstić information content (AvgIpc) is 3.48. The van der Waals surface area contributed by atoms with Crippen LogP contribution in [0.4, 0.5) is 11.5 Å². The van der Waals surface area contributed by atoms with Crippen LogP contribution in [0.15, 0.2) is 42.7 Å². The van der Waals surface area contributed by atoms with Gasteiger partial charge >= 0.3 is 0 Å². The number of aromatic nitrogens is 4. The van der Waals surface area contributed by atoms with Crippen LogP contribution in [0, 0.1) is 5.41 Å². The summed E-state index contributed by atoms with van der Waals surface area (Å²) in [5.41, 5.74) is 11.8. The number of aliphatic hydroxyl groups excluding tert-OH is 1. The Morgan fingerprint density at radius 1 is 1.11 bits per heavy atom. The number of pyridine rings is 1. The topological polar surface area (TPSA) is 139 Å². The second kappa shape index (κ2) is 11.5. The fourth-order valence-corrected chi connectivity index (χ4v) is 6.20. The summed E-state index contributed by atoms with van der Waals surface area (Å²) in [6.07, 6.45) is 5.34.